The van der Waals surface area contributed by atoms with Gasteiger partial charge in [0.15, 0.2) is 11.6 Å². The Balaban J connectivity index is 1.57. The highest BCUT2D eigenvalue weighted by molar-refractivity contribution is 9.10. The van der Waals surface area contributed by atoms with E-state index in [-0.39, 0.29) is 10.6 Å². The zero-order valence-electron chi connectivity index (χ0n) is 14.8. The maximum atomic E-state index is 14.1. The molecule has 0 radical (unpaired) electrons. The van der Waals surface area contributed by atoms with Gasteiger partial charge in [0.1, 0.15) is 5.60 Å². The second kappa shape index (κ2) is 6.86. The normalized spacial score (nSPS) is 26.0. The van der Waals surface area contributed by atoms with Gasteiger partial charge in [0.2, 0.25) is 0 Å². The third-order valence-electron chi connectivity index (χ3n) is 5.12. The summed E-state index contributed by atoms with van der Waals surface area (Å²) in [5.41, 5.74) is -0.0461. The van der Waals surface area contributed by atoms with E-state index in [9.17, 15) is 13.6 Å². The molecule has 1 aliphatic heterocycles. The largest absolute Gasteiger partial charge is 0.444 e. The second-order valence-electron chi connectivity index (χ2n) is 8.28. The van der Waals surface area contributed by atoms with Crippen LogP contribution in [-0.4, -0.2) is 29.7 Å². The SMILES string of the molecule is CC(C)(C)OC(=O)N1C[C@H]2CC(Cc3ccc(Br)c(F)c3F)C[C@H]2C1. The number of fused-ring (bicyclic) bond motifs is 1. The Morgan fingerprint density at radius 1 is 1.20 bits per heavy atom. The van der Waals surface area contributed by atoms with Crippen molar-refractivity contribution in [2.45, 2.75) is 45.6 Å². The van der Waals surface area contributed by atoms with Crippen molar-refractivity contribution in [1.82, 2.24) is 4.90 Å². The van der Waals surface area contributed by atoms with E-state index in [1.807, 2.05) is 20.8 Å². The van der Waals surface area contributed by atoms with Crippen LogP contribution in [0.3, 0.4) is 0 Å². The highest BCUT2D eigenvalue weighted by Crippen LogP contribution is 2.43. The fourth-order valence-electron chi connectivity index (χ4n) is 4.10. The van der Waals surface area contributed by atoms with E-state index < -0.39 is 17.2 Å². The topological polar surface area (TPSA) is 29.5 Å². The molecule has 1 aliphatic carbocycles. The lowest BCUT2D eigenvalue weighted by Crippen LogP contribution is -2.36. The molecular weight excluding hydrogens is 392 g/mol. The van der Waals surface area contributed by atoms with Gasteiger partial charge in [-0.1, -0.05) is 6.07 Å². The van der Waals surface area contributed by atoms with Crippen molar-refractivity contribution in [1.29, 1.82) is 0 Å². The third kappa shape index (κ3) is 4.15. The Morgan fingerprint density at radius 3 is 2.36 bits per heavy atom. The Labute approximate surface area is 155 Å². The van der Waals surface area contributed by atoms with Gasteiger partial charge >= 0.3 is 6.09 Å². The number of carbonyl (C=O) groups excluding carboxylic acids is 1. The van der Waals surface area contributed by atoms with Crippen LogP contribution >= 0.6 is 15.9 Å². The zero-order valence-corrected chi connectivity index (χ0v) is 16.4. The maximum Gasteiger partial charge on any atom is 0.410 e. The number of benzene rings is 1. The molecule has 2 aliphatic rings. The van der Waals surface area contributed by atoms with Crippen molar-refractivity contribution in [3.63, 3.8) is 0 Å². The summed E-state index contributed by atoms with van der Waals surface area (Å²) in [7, 11) is 0. The van der Waals surface area contributed by atoms with Crippen molar-refractivity contribution in [2.24, 2.45) is 17.8 Å². The molecule has 25 heavy (non-hydrogen) atoms. The highest BCUT2D eigenvalue weighted by Gasteiger charge is 2.43. The van der Waals surface area contributed by atoms with Crippen LogP contribution in [0.1, 0.15) is 39.2 Å². The summed E-state index contributed by atoms with van der Waals surface area (Å²) < 4.78 is 33.3. The smallest absolute Gasteiger partial charge is 0.410 e. The Hall–Kier alpha value is -1.17. The average molecular weight is 416 g/mol. The molecule has 6 heteroatoms. The van der Waals surface area contributed by atoms with Crippen LogP contribution in [0.2, 0.25) is 0 Å². The molecule has 1 unspecified atom stereocenters. The minimum absolute atomic E-state index is 0.157. The number of halogens is 3. The van der Waals surface area contributed by atoms with Gasteiger partial charge in [-0.3, -0.25) is 0 Å². The molecular formula is C19H24BrF2NO2. The van der Waals surface area contributed by atoms with E-state index in [0.717, 1.165) is 12.8 Å². The Bertz CT molecular complexity index is 660. The predicted molar refractivity (Wildman–Crippen MR) is 95.3 cm³/mol. The first-order valence-corrected chi connectivity index (χ1v) is 9.53. The molecule has 1 aromatic carbocycles. The number of nitrogens with zero attached hydrogens (tertiary/aromatic N) is 1. The predicted octanol–water partition coefficient (Wildman–Crippen LogP) is 5.16. The van der Waals surface area contributed by atoms with Gasteiger partial charge in [0.25, 0.3) is 0 Å². The van der Waals surface area contributed by atoms with Gasteiger partial charge in [-0.25, -0.2) is 13.6 Å². The first-order valence-electron chi connectivity index (χ1n) is 8.74. The molecule has 0 bridgehead atoms. The molecule has 3 rings (SSSR count). The highest BCUT2D eigenvalue weighted by atomic mass is 79.9. The van der Waals surface area contributed by atoms with Crippen LogP contribution in [0.25, 0.3) is 0 Å². The lowest BCUT2D eigenvalue weighted by Gasteiger charge is -2.25. The lowest BCUT2D eigenvalue weighted by atomic mass is 9.96. The monoisotopic (exact) mass is 415 g/mol. The fraction of sp³-hybridized carbons (Fsp3) is 0.632. The molecule has 0 spiro atoms. The molecule has 2 fully saturated rings. The van der Waals surface area contributed by atoms with Crippen molar-refractivity contribution in [2.75, 3.05) is 13.1 Å². The Morgan fingerprint density at radius 2 is 1.80 bits per heavy atom. The maximum absolute atomic E-state index is 14.1. The van der Waals surface area contributed by atoms with Crippen molar-refractivity contribution in [3.05, 3.63) is 33.8 Å². The lowest BCUT2D eigenvalue weighted by molar-refractivity contribution is 0.0277. The van der Waals surface area contributed by atoms with E-state index in [2.05, 4.69) is 15.9 Å². The van der Waals surface area contributed by atoms with E-state index in [1.165, 1.54) is 0 Å². The third-order valence-corrected chi connectivity index (χ3v) is 5.74. The molecule has 3 nitrogen and oxygen atoms in total. The van der Waals surface area contributed by atoms with Crippen LogP contribution in [0.15, 0.2) is 16.6 Å². The number of hydrogen-bond donors (Lipinski definition) is 0. The van der Waals surface area contributed by atoms with Crippen LogP contribution in [-0.2, 0) is 11.2 Å². The summed E-state index contributed by atoms with van der Waals surface area (Å²) in [5.74, 6) is -0.360. The number of hydrogen-bond acceptors (Lipinski definition) is 2. The van der Waals surface area contributed by atoms with Crippen molar-refractivity contribution >= 4 is 22.0 Å². The van der Waals surface area contributed by atoms with Crippen LogP contribution < -0.4 is 0 Å². The fourth-order valence-corrected chi connectivity index (χ4v) is 4.41. The summed E-state index contributed by atoms with van der Waals surface area (Å²) in [6, 6.07) is 3.22. The summed E-state index contributed by atoms with van der Waals surface area (Å²) in [5, 5.41) is 0. The minimum Gasteiger partial charge on any atom is -0.444 e. The molecule has 1 amide bonds. The molecule has 138 valence electrons. The summed E-state index contributed by atoms with van der Waals surface area (Å²) in [4.78, 5) is 14.0. The molecule has 1 aromatic rings. The molecule has 1 heterocycles. The number of likely N-dealkylation sites (tertiary alicyclic amines) is 1. The van der Waals surface area contributed by atoms with Crippen molar-refractivity contribution in [3.8, 4) is 0 Å². The molecule has 1 saturated heterocycles. The standard InChI is InChI=1S/C19H24BrF2NO2/c1-19(2,3)25-18(24)23-9-13-7-11(8-14(13)10-23)6-12-4-5-15(20)17(22)16(12)21/h4-5,11,13-14H,6-10H2,1-3H3/t11?,13-,14+. The van der Waals surface area contributed by atoms with Crippen molar-refractivity contribution < 1.29 is 18.3 Å². The van der Waals surface area contributed by atoms with Gasteiger partial charge < -0.3 is 9.64 Å². The van der Waals surface area contributed by atoms with E-state index in [1.54, 1.807) is 17.0 Å². The molecule has 0 aromatic heterocycles. The zero-order chi connectivity index (χ0) is 18.4. The van der Waals surface area contributed by atoms with Gasteiger partial charge in [-0.15, -0.1) is 0 Å². The Kier molecular flexibility index (Phi) is 5.11. The number of carbonyl (C=O) groups is 1. The van der Waals surface area contributed by atoms with Gasteiger partial charge in [0, 0.05) is 13.1 Å². The molecule has 0 N–H and O–H groups in total. The van der Waals surface area contributed by atoms with Gasteiger partial charge in [-0.2, -0.15) is 0 Å². The van der Waals surface area contributed by atoms with Crippen LogP contribution in [0.4, 0.5) is 13.6 Å². The number of rotatable bonds is 2. The molecule has 1 saturated carbocycles. The quantitative estimate of drug-likeness (QED) is 0.624. The van der Waals surface area contributed by atoms with Gasteiger partial charge in [0.05, 0.1) is 4.47 Å². The van der Waals surface area contributed by atoms with Crippen LogP contribution in [0, 0.1) is 29.4 Å². The van der Waals surface area contributed by atoms with E-state index >= 15 is 0 Å². The van der Waals surface area contributed by atoms with Gasteiger partial charge in [-0.05, 0) is 85.3 Å². The first-order chi connectivity index (χ1) is 11.6. The van der Waals surface area contributed by atoms with Crippen LogP contribution in [0.5, 0.6) is 0 Å². The minimum atomic E-state index is -0.813. The average Bonchev–Trinajstić information content (AvgIpc) is 3.04. The van der Waals surface area contributed by atoms with E-state index in [0.29, 0.717) is 42.8 Å². The first kappa shape index (κ1) is 18.6. The summed E-state index contributed by atoms with van der Waals surface area (Å²) in [6.07, 6.45) is 2.19. The van der Waals surface area contributed by atoms with E-state index in [4.69, 9.17) is 4.74 Å². The summed E-state index contributed by atoms with van der Waals surface area (Å²) in [6.45, 7) is 7.00. The number of ether oxygens (including phenoxy) is 1. The molecule has 3 atom stereocenters. The number of amides is 1. The summed E-state index contributed by atoms with van der Waals surface area (Å²) >= 11 is 3.01. The second-order valence-corrected chi connectivity index (χ2v) is 9.14.